The molecule has 0 aliphatic carbocycles. The van der Waals surface area contributed by atoms with Crippen molar-refractivity contribution in [1.82, 2.24) is 4.90 Å². The summed E-state index contributed by atoms with van der Waals surface area (Å²) < 4.78 is 5.57. The summed E-state index contributed by atoms with van der Waals surface area (Å²) in [5.74, 6) is -0.0343. The summed E-state index contributed by atoms with van der Waals surface area (Å²) >= 11 is 0. The van der Waals surface area contributed by atoms with Crippen LogP contribution in [0.3, 0.4) is 0 Å². The van der Waals surface area contributed by atoms with Crippen LogP contribution in [-0.2, 0) is 6.54 Å². The van der Waals surface area contributed by atoms with Gasteiger partial charge in [-0.1, -0.05) is 6.42 Å². The number of non-ortho nitro benzene ring substituents is 1. The van der Waals surface area contributed by atoms with E-state index in [-0.39, 0.29) is 22.9 Å². The minimum atomic E-state index is -0.598. The van der Waals surface area contributed by atoms with E-state index in [1.54, 1.807) is 12.1 Å². The number of amides is 1. The minimum absolute atomic E-state index is 0.0341. The lowest BCUT2D eigenvalue weighted by atomic mass is 10.1. The molecule has 8 nitrogen and oxygen atoms in total. The van der Waals surface area contributed by atoms with E-state index in [2.05, 4.69) is 10.2 Å². The molecule has 1 saturated heterocycles. The van der Waals surface area contributed by atoms with Crippen LogP contribution >= 0.6 is 0 Å². The second-order valence-corrected chi connectivity index (χ2v) is 6.02. The SMILES string of the molecule is O=C(Nc1cc([N+](=O)[O-])ccc1O)c1ccc(CN2CCCCC2)o1. The average Bonchev–Trinajstić information content (AvgIpc) is 3.06. The Morgan fingerprint density at radius 2 is 2.00 bits per heavy atom. The number of hydrogen-bond acceptors (Lipinski definition) is 6. The van der Waals surface area contributed by atoms with Crippen LogP contribution in [0.5, 0.6) is 5.75 Å². The predicted octanol–water partition coefficient (Wildman–Crippen LogP) is 3.13. The van der Waals surface area contributed by atoms with Crippen molar-refractivity contribution < 1.29 is 19.2 Å². The molecule has 2 N–H and O–H groups in total. The van der Waals surface area contributed by atoms with Gasteiger partial charge in [-0.25, -0.2) is 0 Å². The largest absolute Gasteiger partial charge is 0.506 e. The van der Waals surface area contributed by atoms with Crippen LogP contribution in [0.4, 0.5) is 11.4 Å². The number of benzene rings is 1. The van der Waals surface area contributed by atoms with Crippen molar-refractivity contribution in [2.75, 3.05) is 18.4 Å². The Balaban J connectivity index is 1.67. The third-order valence-corrected chi connectivity index (χ3v) is 4.15. The fourth-order valence-electron chi connectivity index (χ4n) is 2.84. The maximum Gasteiger partial charge on any atom is 0.291 e. The number of likely N-dealkylation sites (tertiary alicyclic amines) is 1. The number of rotatable bonds is 5. The van der Waals surface area contributed by atoms with Gasteiger partial charge in [0.25, 0.3) is 11.6 Å². The van der Waals surface area contributed by atoms with E-state index < -0.39 is 10.8 Å². The summed E-state index contributed by atoms with van der Waals surface area (Å²) in [6.07, 6.45) is 3.58. The van der Waals surface area contributed by atoms with E-state index in [0.29, 0.717) is 12.3 Å². The van der Waals surface area contributed by atoms with Crippen LogP contribution in [0.2, 0.25) is 0 Å². The first-order chi connectivity index (χ1) is 12.0. The number of nitro benzene ring substituents is 1. The van der Waals surface area contributed by atoms with Crippen molar-refractivity contribution in [3.8, 4) is 5.75 Å². The van der Waals surface area contributed by atoms with Gasteiger partial charge in [-0.2, -0.15) is 0 Å². The van der Waals surface area contributed by atoms with Gasteiger partial charge in [0.15, 0.2) is 5.76 Å². The Morgan fingerprint density at radius 1 is 1.24 bits per heavy atom. The van der Waals surface area contributed by atoms with Crippen molar-refractivity contribution >= 4 is 17.3 Å². The van der Waals surface area contributed by atoms with Crippen LogP contribution in [0.25, 0.3) is 0 Å². The summed E-state index contributed by atoms with van der Waals surface area (Å²) in [5, 5.41) is 23.0. The van der Waals surface area contributed by atoms with Crippen LogP contribution < -0.4 is 5.32 Å². The second-order valence-electron chi connectivity index (χ2n) is 6.02. The normalized spacial score (nSPS) is 15.0. The van der Waals surface area contributed by atoms with Crippen molar-refractivity contribution in [1.29, 1.82) is 0 Å². The number of phenolic OH excluding ortho intramolecular Hbond substituents is 1. The Bertz CT molecular complexity index is 780. The maximum absolute atomic E-state index is 12.3. The van der Waals surface area contributed by atoms with Gasteiger partial charge >= 0.3 is 0 Å². The highest BCUT2D eigenvalue weighted by Gasteiger charge is 2.18. The molecule has 2 aromatic rings. The van der Waals surface area contributed by atoms with Crippen LogP contribution in [0.15, 0.2) is 34.7 Å². The molecule has 1 aromatic carbocycles. The van der Waals surface area contributed by atoms with Gasteiger partial charge in [0.1, 0.15) is 11.5 Å². The molecule has 25 heavy (non-hydrogen) atoms. The number of piperidine rings is 1. The molecule has 8 heteroatoms. The van der Waals surface area contributed by atoms with Gasteiger partial charge in [0.2, 0.25) is 0 Å². The molecule has 1 amide bonds. The lowest BCUT2D eigenvalue weighted by molar-refractivity contribution is -0.384. The van der Waals surface area contributed by atoms with Gasteiger partial charge in [-0.05, 0) is 44.1 Å². The summed E-state index contributed by atoms with van der Waals surface area (Å²) in [7, 11) is 0. The molecule has 3 rings (SSSR count). The second kappa shape index (κ2) is 7.35. The summed E-state index contributed by atoms with van der Waals surface area (Å²) in [6.45, 7) is 2.68. The number of nitro groups is 1. The maximum atomic E-state index is 12.3. The van der Waals surface area contributed by atoms with E-state index in [4.69, 9.17) is 4.42 Å². The molecule has 1 aliphatic rings. The monoisotopic (exact) mass is 345 g/mol. The van der Waals surface area contributed by atoms with E-state index in [0.717, 1.165) is 31.3 Å². The van der Waals surface area contributed by atoms with Gasteiger partial charge in [0.05, 0.1) is 17.2 Å². The quantitative estimate of drug-likeness (QED) is 0.489. The van der Waals surface area contributed by atoms with Gasteiger partial charge in [-0.15, -0.1) is 0 Å². The highest BCUT2D eigenvalue weighted by atomic mass is 16.6. The number of anilines is 1. The van der Waals surface area contributed by atoms with Gasteiger partial charge < -0.3 is 14.8 Å². The molecule has 132 valence electrons. The molecule has 0 spiro atoms. The fraction of sp³-hybridized carbons (Fsp3) is 0.353. The van der Waals surface area contributed by atoms with E-state index in [9.17, 15) is 20.0 Å². The zero-order valence-corrected chi connectivity index (χ0v) is 13.6. The van der Waals surface area contributed by atoms with Crippen molar-refractivity contribution in [3.63, 3.8) is 0 Å². The molecule has 0 atom stereocenters. The van der Waals surface area contributed by atoms with Crippen LogP contribution in [-0.4, -0.2) is 33.9 Å². The number of aromatic hydroxyl groups is 1. The zero-order valence-electron chi connectivity index (χ0n) is 13.6. The summed E-state index contributed by atoms with van der Waals surface area (Å²) in [4.78, 5) is 24.7. The number of carbonyl (C=O) groups excluding carboxylic acids is 1. The standard InChI is InChI=1S/C17H19N3O5/c21-15-6-4-12(20(23)24)10-14(15)18-17(22)16-7-5-13(25-16)11-19-8-2-1-3-9-19/h4-7,10,21H,1-3,8-9,11H2,(H,18,22). The minimum Gasteiger partial charge on any atom is -0.506 e. The molecular formula is C17H19N3O5. The number of nitrogens with zero attached hydrogens (tertiary/aromatic N) is 2. The first kappa shape index (κ1) is 17.0. The fourth-order valence-corrected chi connectivity index (χ4v) is 2.84. The average molecular weight is 345 g/mol. The van der Waals surface area contributed by atoms with E-state index in [1.807, 2.05) is 0 Å². The van der Waals surface area contributed by atoms with E-state index in [1.165, 1.54) is 19.3 Å². The molecular weight excluding hydrogens is 326 g/mol. The molecule has 0 saturated carbocycles. The molecule has 2 heterocycles. The third-order valence-electron chi connectivity index (χ3n) is 4.15. The Kier molecular flexibility index (Phi) is 4.99. The number of nitrogens with one attached hydrogen (secondary N) is 1. The Labute approximate surface area is 144 Å². The van der Waals surface area contributed by atoms with Gasteiger partial charge in [0, 0.05) is 12.1 Å². The lowest BCUT2D eigenvalue weighted by Crippen LogP contribution is -2.28. The number of furan rings is 1. The summed E-state index contributed by atoms with van der Waals surface area (Å²) in [5.41, 5.74) is -0.258. The Morgan fingerprint density at radius 3 is 2.72 bits per heavy atom. The van der Waals surface area contributed by atoms with Crippen molar-refractivity contribution in [3.05, 3.63) is 52.0 Å². The van der Waals surface area contributed by atoms with Gasteiger partial charge in [-0.3, -0.25) is 19.8 Å². The number of carbonyl (C=O) groups is 1. The molecule has 0 bridgehead atoms. The third kappa shape index (κ3) is 4.16. The number of hydrogen-bond donors (Lipinski definition) is 2. The van der Waals surface area contributed by atoms with Crippen LogP contribution in [0.1, 0.15) is 35.6 Å². The predicted molar refractivity (Wildman–Crippen MR) is 90.6 cm³/mol. The van der Waals surface area contributed by atoms with Crippen molar-refractivity contribution in [2.45, 2.75) is 25.8 Å². The smallest absolute Gasteiger partial charge is 0.291 e. The molecule has 1 aromatic heterocycles. The molecule has 1 fully saturated rings. The Hall–Kier alpha value is -2.87. The first-order valence-electron chi connectivity index (χ1n) is 8.13. The van der Waals surface area contributed by atoms with E-state index >= 15 is 0 Å². The number of phenols is 1. The zero-order chi connectivity index (χ0) is 17.8. The highest BCUT2D eigenvalue weighted by Crippen LogP contribution is 2.28. The first-order valence-corrected chi connectivity index (χ1v) is 8.13. The molecule has 0 radical (unpaired) electrons. The van der Waals surface area contributed by atoms with Crippen molar-refractivity contribution in [2.24, 2.45) is 0 Å². The lowest BCUT2D eigenvalue weighted by Gasteiger charge is -2.25. The van der Waals surface area contributed by atoms with Crippen LogP contribution in [0, 0.1) is 10.1 Å². The topological polar surface area (TPSA) is 109 Å². The molecule has 1 aliphatic heterocycles. The molecule has 0 unspecified atom stereocenters. The summed E-state index contributed by atoms with van der Waals surface area (Å²) in [6, 6.07) is 6.73. The highest BCUT2D eigenvalue weighted by molar-refractivity contribution is 6.03.